The lowest BCUT2D eigenvalue weighted by molar-refractivity contribution is -0.730. The van der Waals surface area contributed by atoms with Gasteiger partial charge in [-0.05, 0) is 17.4 Å². The Kier molecular flexibility index (Phi) is 6.23. The number of nitrogen functional groups attached to an aromatic ring is 1. The number of aryl methyl sites for hydroxylation is 1. The second-order valence-electron chi connectivity index (χ2n) is 6.08. The third-order valence-electron chi connectivity index (χ3n) is 4.18. The van der Waals surface area contributed by atoms with Crippen LogP contribution >= 0.6 is 11.8 Å². The normalized spacial score (nSPS) is 10.2. The van der Waals surface area contributed by atoms with Crippen molar-refractivity contribution in [1.82, 2.24) is 10.3 Å². The Morgan fingerprint density at radius 2 is 2.06 bits per heavy atom. The average Bonchev–Trinajstić information content (AvgIpc) is 3.09. The number of anilines is 2. The number of aromatic amines is 1. The van der Waals surface area contributed by atoms with Crippen LogP contribution in [0.15, 0.2) is 38.6 Å². The van der Waals surface area contributed by atoms with Gasteiger partial charge in [-0.15, -0.1) is 0 Å². The fraction of sp³-hybridized carbons (Fsp3) is 0.158. The van der Waals surface area contributed by atoms with E-state index in [2.05, 4.69) is 15.6 Å². The largest absolute Gasteiger partial charge is 0.495 e. The Morgan fingerprint density at radius 1 is 1.35 bits per heavy atom. The first kappa shape index (κ1) is 21.4. The number of carbonyl (C=O) groups is 1. The molecule has 3 rings (SSSR count). The molecule has 0 unspecified atom stereocenters. The highest BCUT2D eigenvalue weighted by Gasteiger charge is 2.31. The van der Waals surface area contributed by atoms with E-state index in [4.69, 9.17) is 15.0 Å². The number of para-hydroxylation sites is 2. The number of ether oxygens (including phenoxy) is 1. The molecule has 3 aromatic rings. The lowest BCUT2D eigenvalue weighted by Gasteiger charge is -2.11. The van der Waals surface area contributed by atoms with Gasteiger partial charge in [0.2, 0.25) is 5.91 Å². The standard InChI is InChI=1S/C19H15N7O4S/c1-26-16(19(28)30-25-26)15-10(7-20)17(22)24-18(11(15)8-21)31-9-14(27)23-12-5-3-4-6-13(12)29-2/h3-6H,9H2,1-2H3,(H3-,22,23,24,25,27,28)/p+1. The van der Waals surface area contributed by atoms with Gasteiger partial charge in [0.1, 0.15) is 39.9 Å². The Labute approximate surface area is 180 Å². The van der Waals surface area contributed by atoms with Crippen molar-refractivity contribution in [3.63, 3.8) is 0 Å². The summed E-state index contributed by atoms with van der Waals surface area (Å²) in [5.74, 6) is -0.173. The summed E-state index contributed by atoms with van der Waals surface area (Å²) in [5, 5.41) is 24.4. The Hall–Kier alpha value is -4.29. The van der Waals surface area contributed by atoms with E-state index in [0.29, 0.717) is 11.4 Å². The minimum Gasteiger partial charge on any atom is -0.495 e. The van der Waals surface area contributed by atoms with Crippen molar-refractivity contribution in [2.24, 2.45) is 7.05 Å². The number of nitrogens with zero attached hydrogens (tertiary/aromatic N) is 4. The molecule has 11 nitrogen and oxygen atoms in total. The summed E-state index contributed by atoms with van der Waals surface area (Å²) < 4.78 is 11.2. The molecular weight excluding hydrogens is 422 g/mol. The second-order valence-corrected chi connectivity index (χ2v) is 7.04. The molecule has 0 radical (unpaired) electrons. The van der Waals surface area contributed by atoms with Crippen LogP contribution in [0.3, 0.4) is 0 Å². The molecule has 2 aromatic heterocycles. The zero-order chi connectivity index (χ0) is 22.5. The number of nitrogens with one attached hydrogen (secondary N) is 2. The first-order valence-electron chi connectivity index (χ1n) is 8.68. The lowest BCUT2D eigenvalue weighted by atomic mass is 10.0. The van der Waals surface area contributed by atoms with Crippen LogP contribution in [0.25, 0.3) is 11.3 Å². The van der Waals surface area contributed by atoms with E-state index in [1.54, 1.807) is 24.3 Å². The highest BCUT2D eigenvalue weighted by molar-refractivity contribution is 8.00. The van der Waals surface area contributed by atoms with E-state index in [-0.39, 0.29) is 44.9 Å². The summed E-state index contributed by atoms with van der Waals surface area (Å²) in [4.78, 5) is 28.7. The van der Waals surface area contributed by atoms with Gasteiger partial charge >= 0.3 is 11.3 Å². The van der Waals surface area contributed by atoms with Gasteiger partial charge in [-0.2, -0.15) is 10.5 Å². The smallest absolute Gasteiger partial charge is 0.435 e. The molecule has 0 aliphatic heterocycles. The monoisotopic (exact) mass is 438 g/mol. The number of thioether (sulfide) groups is 1. The van der Waals surface area contributed by atoms with Gasteiger partial charge in [-0.1, -0.05) is 28.6 Å². The molecule has 12 heteroatoms. The first-order chi connectivity index (χ1) is 14.9. The van der Waals surface area contributed by atoms with E-state index in [1.165, 1.54) is 18.8 Å². The van der Waals surface area contributed by atoms with Gasteiger partial charge in [0.15, 0.2) is 7.05 Å². The fourth-order valence-electron chi connectivity index (χ4n) is 2.82. The number of methoxy groups -OCH3 is 1. The second kappa shape index (κ2) is 9.02. The highest BCUT2D eigenvalue weighted by Crippen LogP contribution is 2.33. The molecule has 31 heavy (non-hydrogen) atoms. The molecule has 1 aromatic carbocycles. The van der Waals surface area contributed by atoms with Crippen LogP contribution in [0.5, 0.6) is 5.75 Å². The third-order valence-corrected chi connectivity index (χ3v) is 5.15. The number of rotatable bonds is 6. The highest BCUT2D eigenvalue weighted by atomic mass is 32.2. The molecule has 0 spiro atoms. The van der Waals surface area contributed by atoms with Crippen molar-refractivity contribution in [3.05, 3.63) is 45.8 Å². The van der Waals surface area contributed by atoms with Crippen LogP contribution in [0.4, 0.5) is 11.5 Å². The first-order valence-corrected chi connectivity index (χ1v) is 9.67. The molecule has 0 atom stereocenters. The molecular formula is C19H16N7O4S+. The van der Waals surface area contributed by atoms with E-state index in [1.807, 2.05) is 12.1 Å². The predicted molar refractivity (Wildman–Crippen MR) is 110 cm³/mol. The van der Waals surface area contributed by atoms with Crippen LogP contribution in [0.2, 0.25) is 0 Å². The maximum absolute atomic E-state index is 12.4. The molecule has 0 aliphatic carbocycles. The van der Waals surface area contributed by atoms with Crippen molar-refractivity contribution >= 4 is 29.2 Å². The third kappa shape index (κ3) is 4.19. The van der Waals surface area contributed by atoms with Crippen LogP contribution in [-0.2, 0) is 11.8 Å². The fourth-order valence-corrected chi connectivity index (χ4v) is 3.61. The van der Waals surface area contributed by atoms with Gasteiger partial charge < -0.3 is 15.8 Å². The summed E-state index contributed by atoms with van der Waals surface area (Å²) >= 11 is 0.941. The number of H-pyrrole nitrogens is 1. The number of hydrogen-bond donors (Lipinski definition) is 3. The predicted octanol–water partition coefficient (Wildman–Crippen LogP) is 0.919. The maximum atomic E-state index is 12.4. The average molecular weight is 438 g/mol. The number of hydrogen-bond acceptors (Lipinski definition) is 9. The molecule has 0 saturated heterocycles. The van der Waals surface area contributed by atoms with Crippen LogP contribution in [-0.4, -0.2) is 29.0 Å². The number of nitriles is 2. The van der Waals surface area contributed by atoms with Crippen molar-refractivity contribution in [2.45, 2.75) is 5.03 Å². The van der Waals surface area contributed by atoms with E-state index >= 15 is 0 Å². The van der Waals surface area contributed by atoms with Crippen molar-refractivity contribution in [1.29, 1.82) is 10.5 Å². The number of amides is 1. The van der Waals surface area contributed by atoms with Crippen LogP contribution < -0.4 is 26.1 Å². The number of pyridine rings is 1. The molecule has 156 valence electrons. The minimum atomic E-state index is -0.786. The summed E-state index contributed by atoms with van der Waals surface area (Å²) in [5.41, 5.74) is 5.32. The Balaban J connectivity index is 1.96. The van der Waals surface area contributed by atoms with Gasteiger partial charge in [-0.25, -0.2) is 9.78 Å². The summed E-state index contributed by atoms with van der Waals surface area (Å²) in [7, 11) is 2.97. The Bertz CT molecular complexity index is 1300. The maximum Gasteiger partial charge on any atom is 0.435 e. The van der Waals surface area contributed by atoms with Gasteiger partial charge in [0, 0.05) is 0 Å². The van der Waals surface area contributed by atoms with Crippen LogP contribution in [0, 0.1) is 22.7 Å². The molecule has 4 N–H and O–H groups in total. The lowest BCUT2D eigenvalue weighted by Crippen LogP contribution is -2.34. The topological polar surface area (TPSA) is 175 Å². The minimum absolute atomic E-state index is 0.0114. The number of aromatic nitrogens is 3. The molecule has 2 heterocycles. The molecule has 0 saturated carbocycles. The van der Waals surface area contributed by atoms with E-state index in [0.717, 1.165) is 11.8 Å². The Morgan fingerprint density at radius 3 is 2.68 bits per heavy atom. The summed E-state index contributed by atoms with van der Waals surface area (Å²) in [6.45, 7) is 0. The van der Waals surface area contributed by atoms with Crippen LogP contribution in [0.1, 0.15) is 11.1 Å². The zero-order valence-corrected chi connectivity index (χ0v) is 17.2. The molecule has 1 amide bonds. The van der Waals surface area contributed by atoms with Gasteiger partial charge in [0.25, 0.3) is 0 Å². The van der Waals surface area contributed by atoms with Gasteiger partial charge in [-0.3, -0.25) is 9.32 Å². The van der Waals surface area contributed by atoms with Crippen molar-refractivity contribution < 1.29 is 18.7 Å². The van der Waals surface area contributed by atoms with E-state index < -0.39 is 5.63 Å². The van der Waals surface area contributed by atoms with Gasteiger partial charge in [0.05, 0.1) is 24.1 Å². The molecule has 0 aliphatic rings. The van der Waals surface area contributed by atoms with Crippen molar-refractivity contribution in [3.8, 4) is 29.1 Å². The summed E-state index contributed by atoms with van der Waals surface area (Å²) in [6.07, 6.45) is 0. The number of benzene rings is 1. The van der Waals surface area contributed by atoms with Crippen molar-refractivity contribution in [2.75, 3.05) is 23.9 Å². The zero-order valence-electron chi connectivity index (χ0n) is 16.4. The van der Waals surface area contributed by atoms with E-state index in [9.17, 15) is 20.1 Å². The quantitative estimate of drug-likeness (QED) is 0.373. The SMILES string of the molecule is COc1ccccc1NC(=O)CSc1nc(N)c(C#N)c(-c2c(=O)o[nH][n+]2C)c1C#N. The number of nitrogens with two attached hydrogens (primary N) is 1. The number of carbonyl (C=O) groups excluding carboxylic acids is 1. The molecule has 0 fully saturated rings. The summed E-state index contributed by atoms with van der Waals surface area (Å²) in [6, 6.07) is 10.7. The molecule has 0 bridgehead atoms.